The number of nitrogens with zero attached hydrogens (tertiary/aromatic N) is 1. The van der Waals surface area contributed by atoms with Gasteiger partial charge in [-0.05, 0) is 25.5 Å². The number of hydrogen-bond donors (Lipinski definition) is 2. The van der Waals surface area contributed by atoms with Crippen molar-refractivity contribution < 1.29 is 9.31 Å². The average molecular weight is 239 g/mol. The number of nitrogens with one attached hydrogen (secondary N) is 2. The highest BCUT2D eigenvalue weighted by molar-refractivity contribution is 5.49. The lowest BCUT2D eigenvalue weighted by Crippen LogP contribution is -2.29. The van der Waals surface area contributed by atoms with Gasteiger partial charge in [-0.15, -0.1) is 0 Å². The molecule has 1 saturated heterocycles. The van der Waals surface area contributed by atoms with Gasteiger partial charge in [0, 0.05) is 30.4 Å². The first-order chi connectivity index (χ1) is 8.16. The third kappa shape index (κ3) is 2.91. The Bertz CT molecular complexity index is 419. The Hall–Kier alpha value is -1.69. The molecule has 1 heterocycles. The molecular formula is C11H14FN3O2. The molecule has 0 amide bonds. The summed E-state index contributed by atoms with van der Waals surface area (Å²) in [6.45, 7) is 1.72. The van der Waals surface area contributed by atoms with E-state index in [0.29, 0.717) is 18.3 Å². The second-order valence-electron chi connectivity index (χ2n) is 4.10. The number of hydrogen-bond acceptors (Lipinski definition) is 4. The fourth-order valence-corrected chi connectivity index (χ4v) is 1.94. The number of nitro benzene ring substituents is 1. The van der Waals surface area contributed by atoms with Gasteiger partial charge >= 0.3 is 5.69 Å². The number of rotatable bonds is 4. The van der Waals surface area contributed by atoms with Crippen LogP contribution in [0.4, 0.5) is 15.8 Å². The van der Waals surface area contributed by atoms with Gasteiger partial charge in [0.1, 0.15) is 0 Å². The Morgan fingerprint density at radius 2 is 2.41 bits per heavy atom. The second kappa shape index (κ2) is 5.09. The van der Waals surface area contributed by atoms with Gasteiger partial charge in [0.15, 0.2) is 0 Å². The van der Waals surface area contributed by atoms with Gasteiger partial charge in [0.25, 0.3) is 0 Å². The first-order valence-corrected chi connectivity index (χ1v) is 5.58. The highest BCUT2D eigenvalue weighted by Gasteiger charge is 2.16. The lowest BCUT2D eigenvalue weighted by Gasteiger charge is -2.12. The fraction of sp³-hybridized carbons (Fsp3) is 0.455. The first-order valence-electron chi connectivity index (χ1n) is 5.58. The third-order valence-corrected chi connectivity index (χ3v) is 2.86. The van der Waals surface area contributed by atoms with Gasteiger partial charge < -0.3 is 10.6 Å². The molecule has 92 valence electrons. The van der Waals surface area contributed by atoms with Crippen LogP contribution in [0.1, 0.15) is 12.8 Å². The minimum atomic E-state index is -0.806. The standard InChI is InChI=1S/C11H14FN3O2/c12-10-6-8(3-4-11(10)15(16)17)14-7-9-2-1-5-13-9/h3-4,6,9,13-14H,1-2,5,7H2. The molecule has 0 bridgehead atoms. The molecule has 0 aromatic heterocycles. The highest BCUT2D eigenvalue weighted by Crippen LogP contribution is 2.21. The normalized spacial score (nSPS) is 19.2. The van der Waals surface area contributed by atoms with Crippen molar-refractivity contribution >= 4 is 11.4 Å². The van der Waals surface area contributed by atoms with Crippen molar-refractivity contribution in [2.45, 2.75) is 18.9 Å². The average Bonchev–Trinajstić information content (AvgIpc) is 2.78. The second-order valence-corrected chi connectivity index (χ2v) is 4.10. The predicted molar refractivity (Wildman–Crippen MR) is 62.6 cm³/mol. The monoisotopic (exact) mass is 239 g/mol. The van der Waals surface area contributed by atoms with Crippen LogP contribution in [-0.4, -0.2) is 24.1 Å². The Morgan fingerprint density at radius 1 is 1.59 bits per heavy atom. The summed E-state index contributed by atoms with van der Waals surface area (Å²) in [6.07, 6.45) is 2.25. The van der Waals surface area contributed by atoms with Gasteiger partial charge in [-0.2, -0.15) is 4.39 Å². The largest absolute Gasteiger partial charge is 0.383 e. The van der Waals surface area contributed by atoms with Crippen molar-refractivity contribution in [3.63, 3.8) is 0 Å². The summed E-state index contributed by atoms with van der Waals surface area (Å²) in [5.41, 5.74) is 0.0799. The zero-order valence-electron chi connectivity index (χ0n) is 9.28. The van der Waals surface area contributed by atoms with Crippen LogP contribution in [0.2, 0.25) is 0 Å². The van der Waals surface area contributed by atoms with Gasteiger partial charge in [0.2, 0.25) is 5.82 Å². The van der Waals surface area contributed by atoms with Crippen molar-refractivity contribution in [1.29, 1.82) is 0 Å². The van der Waals surface area contributed by atoms with Gasteiger partial charge in [-0.25, -0.2) is 0 Å². The molecule has 1 atom stereocenters. The lowest BCUT2D eigenvalue weighted by atomic mass is 10.2. The number of benzene rings is 1. The van der Waals surface area contributed by atoms with Gasteiger partial charge in [-0.1, -0.05) is 0 Å². The van der Waals surface area contributed by atoms with E-state index in [1.165, 1.54) is 12.1 Å². The van der Waals surface area contributed by atoms with Gasteiger partial charge in [0.05, 0.1) is 4.92 Å². The molecule has 5 nitrogen and oxygen atoms in total. The number of nitro groups is 1. The Morgan fingerprint density at radius 3 is 3.00 bits per heavy atom. The summed E-state index contributed by atoms with van der Waals surface area (Å²) in [4.78, 5) is 9.71. The van der Waals surface area contributed by atoms with E-state index in [0.717, 1.165) is 25.5 Å². The summed E-state index contributed by atoms with van der Waals surface area (Å²) >= 11 is 0. The fourth-order valence-electron chi connectivity index (χ4n) is 1.94. The molecule has 1 aromatic carbocycles. The number of anilines is 1. The summed E-state index contributed by atoms with van der Waals surface area (Å²) < 4.78 is 13.3. The van der Waals surface area contributed by atoms with E-state index in [1.807, 2.05) is 0 Å². The molecule has 6 heteroatoms. The maximum absolute atomic E-state index is 13.3. The van der Waals surface area contributed by atoms with E-state index in [2.05, 4.69) is 10.6 Å². The van der Waals surface area contributed by atoms with Crippen LogP contribution < -0.4 is 10.6 Å². The molecule has 0 aliphatic carbocycles. The summed E-state index contributed by atoms with van der Waals surface area (Å²) in [6, 6.07) is 4.26. The van der Waals surface area contributed by atoms with Crippen molar-refractivity contribution in [1.82, 2.24) is 5.32 Å². The Kier molecular flexibility index (Phi) is 3.53. The molecule has 1 aliphatic rings. The molecule has 1 unspecified atom stereocenters. The lowest BCUT2D eigenvalue weighted by molar-refractivity contribution is -0.387. The molecule has 1 aromatic rings. The molecule has 1 fully saturated rings. The molecular weight excluding hydrogens is 225 g/mol. The molecule has 2 rings (SSSR count). The quantitative estimate of drug-likeness (QED) is 0.622. The highest BCUT2D eigenvalue weighted by atomic mass is 19.1. The van der Waals surface area contributed by atoms with Crippen LogP contribution in [0.25, 0.3) is 0 Å². The van der Waals surface area contributed by atoms with E-state index < -0.39 is 16.4 Å². The summed E-state index contributed by atoms with van der Waals surface area (Å²) in [5.74, 6) is -0.806. The van der Waals surface area contributed by atoms with Crippen molar-refractivity contribution in [2.24, 2.45) is 0 Å². The summed E-state index contributed by atoms with van der Waals surface area (Å²) in [5, 5.41) is 16.8. The number of halogens is 1. The van der Waals surface area contributed by atoms with Crippen LogP contribution in [0.3, 0.4) is 0 Å². The van der Waals surface area contributed by atoms with Crippen LogP contribution in [0.5, 0.6) is 0 Å². The molecule has 17 heavy (non-hydrogen) atoms. The van der Waals surface area contributed by atoms with Crippen LogP contribution in [-0.2, 0) is 0 Å². The predicted octanol–water partition coefficient (Wildman–Crippen LogP) is 1.90. The van der Waals surface area contributed by atoms with Crippen LogP contribution in [0, 0.1) is 15.9 Å². The van der Waals surface area contributed by atoms with Crippen molar-refractivity contribution in [3.8, 4) is 0 Å². The van der Waals surface area contributed by atoms with Crippen LogP contribution >= 0.6 is 0 Å². The van der Waals surface area contributed by atoms with Gasteiger partial charge in [-0.3, -0.25) is 10.1 Å². The minimum Gasteiger partial charge on any atom is -0.383 e. The molecule has 2 N–H and O–H groups in total. The van der Waals surface area contributed by atoms with E-state index in [1.54, 1.807) is 0 Å². The van der Waals surface area contributed by atoms with E-state index in [4.69, 9.17) is 0 Å². The summed E-state index contributed by atoms with van der Waals surface area (Å²) in [7, 11) is 0. The smallest absolute Gasteiger partial charge is 0.304 e. The third-order valence-electron chi connectivity index (χ3n) is 2.86. The topological polar surface area (TPSA) is 67.2 Å². The Labute approximate surface area is 98.2 Å². The van der Waals surface area contributed by atoms with Crippen molar-refractivity contribution in [2.75, 3.05) is 18.4 Å². The molecule has 0 saturated carbocycles. The first kappa shape index (κ1) is 11.8. The minimum absolute atomic E-state index is 0.397. The zero-order valence-corrected chi connectivity index (χ0v) is 9.28. The van der Waals surface area contributed by atoms with E-state index in [9.17, 15) is 14.5 Å². The molecule has 0 radical (unpaired) electrons. The zero-order chi connectivity index (χ0) is 12.3. The van der Waals surface area contributed by atoms with Crippen molar-refractivity contribution in [3.05, 3.63) is 34.1 Å². The SMILES string of the molecule is O=[N+]([O-])c1ccc(NCC2CCCN2)cc1F. The Balaban J connectivity index is 1.97. The molecule has 0 spiro atoms. The van der Waals surface area contributed by atoms with Crippen LogP contribution in [0.15, 0.2) is 18.2 Å². The van der Waals surface area contributed by atoms with E-state index in [-0.39, 0.29) is 0 Å². The molecule has 1 aliphatic heterocycles. The maximum Gasteiger partial charge on any atom is 0.304 e. The van der Waals surface area contributed by atoms with E-state index >= 15 is 0 Å². The maximum atomic E-state index is 13.3.